The van der Waals surface area contributed by atoms with Crippen LogP contribution in [0.3, 0.4) is 0 Å². The predicted molar refractivity (Wildman–Crippen MR) is 68.5 cm³/mol. The minimum Gasteiger partial charge on any atom is -0.388 e. The first-order valence-corrected chi connectivity index (χ1v) is 6.63. The van der Waals surface area contributed by atoms with E-state index in [1.54, 1.807) is 0 Å². The van der Waals surface area contributed by atoms with Gasteiger partial charge in [0, 0.05) is 5.75 Å². The fourth-order valence-electron chi connectivity index (χ4n) is 1.41. The molecular formula is C13H20OS. The highest BCUT2D eigenvalue weighted by Gasteiger charge is 2.07. The summed E-state index contributed by atoms with van der Waals surface area (Å²) >= 11 is 1.82. The number of aryl methyl sites for hydroxylation is 2. The summed E-state index contributed by atoms with van der Waals surface area (Å²) in [6, 6.07) is 6.20. The summed E-state index contributed by atoms with van der Waals surface area (Å²) in [6.07, 6.45) is 0.852. The van der Waals surface area contributed by atoms with Crippen molar-refractivity contribution >= 4 is 11.8 Å². The minimum absolute atomic E-state index is 0.319. The number of rotatable bonds is 5. The summed E-state index contributed by atoms with van der Waals surface area (Å²) in [6.45, 7) is 6.34. The Morgan fingerprint density at radius 3 is 2.60 bits per heavy atom. The predicted octanol–water partition coefficient (Wildman–Crippen LogP) is 3.48. The van der Waals surface area contributed by atoms with Crippen molar-refractivity contribution in [1.29, 1.82) is 0 Å². The standard InChI is InChI=1S/C13H20OS/c1-4-7-15-9-13(14)12-6-5-10(2)11(3)8-12/h5-6,8,13-14H,4,7,9H2,1-3H3. The van der Waals surface area contributed by atoms with Crippen molar-refractivity contribution in [2.45, 2.75) is 33.3 Å². The number of hydrogen-bond acceptors (Lipinski definition) is 2. The number of aliphatic hydroxyl groups excluding tert-OH is 1. The molecule has 0 amide bonds. The van der Waals surface area contributed by atoms with Gasteiger partial charge in [-0.15, -0.1) is 0 Å². The van der Waals surface area contributed by atoms with Gasteiger partial charge in [-0.3, -0.25) is 0 Å². The second kappa shape index (κ2) is 6.19. The average molecular weight is 224 g/mol. The summed E-state index contributed by atoms with van der Waals surface area (Å²) < 4.78 is 0. The van der Waals surface area contributed by atoms with Crippen molar-refractivity contribution in [2.24, 2.45) is 0 Å². The Morgan fingerprint density at radius 1 is 1.27 bits per heavy atom. The Kier molecular flexibility index (Phi) is 5.20. The molecule has 0 bridgehead atoms. The van der Waals surface area contributed by atoms with Crippen molar-refractivity contribution < 1.29 is 5.11 Å². The molecule has 1 aromatic carbocycles. The first kappa shape index (κ1) is 12.6. The molecule has 0 aromatic heterocycles. The van der Waals surface area contributed by atoms with Crippen LogP contribution in [0.2, 0.25) is 0 Å². The van der Waals surface area contributed by atoms with E-state index in [1.807, 2.05) is 17.8 Å². The molecule has 0 radical (unpaired) electrons. The Balaban J connectivity index is 2.57. The largest absolute Gasteiger partial charge is 0.388 e. The maximum atomic E-state index is 9.94. The molecule has 0 spiro atoms. The molecule has 0 saturated heterocycles. The smallest absolute Gasteiger partial charge is 0.0880 e. The van der Waals surface area contributed by atoms with Crippen LogP contribution in [0.1, 0.15) is 36.1 Å². The van der Waals surface area contributed by atoms with Crippen molar-refractivity contribution in [3.63, 3.8) is 0 Å². The van der Waals surface area contributed by atoms with Gasteiger partial charge in [-0.25, -0.2) is 0 Å². The van der Waals surface area contributed by atoms with Crippen LogP contribution in [0.25, 0.3) is 0 Å². The van der Waals surface area contributed by atoms with E-state index in [9.17, 15) is 5.11 Å². The number of thioether (sulfide) groups is 1. The fraction of sp³-hybridized carbons (Fsp3) is 0.538. The molecule has 0 aliphatic heterocycles. The molecule has 84 valence electrons. The Labute approximate surface area is 96.9 Å². The second-order valence-electron chi connectivity index (χ2n) is 3.93. The first-order chi connectivity index (χ1) is 7.15. The zero-order valence-electron chi connectivity index (χ0n) is 9.79. The van der Waals surface area contributed by atoms with E-state index in [0.717, 1.165) is 17.1 Å². The molecule has 0 fully saturated rings. The minimum atomic E-state index is -0.319. The third-order valence-corrected chi connectivity index (χ3v) is 3.79. The number of aliphatic hydroxyl groups is 1. The molecular weight excluding hydrogens is 204 g/mol. The third kappa shape index (κ3) is 3.88. The van der Waals surface area contributed by atoms with E-state index in [0.29, 0.717) is 0 Å². The van der Waals surface area contributed by atoms with Crippen LogP contribution < -0.4 is 0 Å². The average Bonchev–Trinajstić information content (AvgIpc) is 2.22. The molecule has 0 saturated carbocycles. The highest BCUT2D eigenvalue weighted by Crippen LogP contribution is 2.20. The lowest BCUT2D eigenvalue weighted by atomic mass is 10.0. The zero-order chi connectivity index (χ0) is 11.3. The van der Waals surface area contributed by atoms with Crippen molar-refractivity contribution in [2.75, 3.05) is 11.5 Å². The number of benzene rings is 1. The van der Waals surface area contributed by atoms with E-state index in [-0.39, 0.29) is 6.10 Å². The van der Waals surface area contributed by atoms with Gasteiger partial charge in [0.25, 0.3) is 0 Å². The summed E-state index contributed by atoms with van der Waals surface area (Å²) in [7, 11) is 0. The molecule has 0 aliphatic carbocycles. The monoisotopic (exact) mass is 224 g/mol. The van der Waals surface area contributed by atoms with Gasteiger partial charge in [0.1, 0.15) is 0 Å². The maximum Gasteiger partial charge on any atom is 0.0880 e. The molecule has 1 N–H and O–H groups in total. The summed E-state index contributed by atoms with van der Waals surface area (Å²) in [4.78, 5) is 0. The summed E-state index contributed by atoms with van der Waals surface area (Å²) in [5.74, 6) is 1.93. The van der Waals surface area contributed by atoms with Crippen LogP contribution in [0.15, 0.2) is 18.2 Å². The van der Waals surface area contributed by atoms with Crippen LogP contribution >= 0.6 is 11.8 Å². The molecule has 0 heterocycles. The maximum absolute atomic E-state index is 9.94. The molecule has 15 heavy (non-hydrogen) atoms. The van der Waals surface area contributed by atoms with Gasteiger partial charge in [0.15, 0.2) is 0 Å². The first-order valence-electron chi connectivity index (χ1n) is 5.48. The highest BCUT2D eigenvalue weighted by molar-refractivity contribution is 7.99. The van der Waals surface area contributed by atoms with Crippen LogP contribution in [-0.4, -0.2) is 16.6 Å². The Morgan fingerprint density at radius 2 is 2.00 bits per heavy atom. The van der Waals surface area contributed by atoms with Gasteiger partial charge in [0.05, 0.1) is 6.10 Å². The van der Waals surface area contributed by atoms with E-state index in [2.05, 4.69) is 32.9 Å². The lowest BCUT2D eigenvalue weighted by molar-refractivity contribution is 0.204. The summed E-state index contributed by atoms with van der Waals surface area (Å²) in [5.41, 5.74) is 3.58. The van der Waals surface area contributed by atoms with Gasteiger partial charge in [0.2, 0.25) is 0 Å². The quantitative estimate of drug-likeness (QED) is 0.773. The van der Waals surface area contributed by atoms with Crippen molar-refractivity contribution in [3.05, 3.63) is 34.9 Å². The SMILES string of the molecule is CCCSCC(O)c1ccc(C)c(C)c1. The van der Waals surface area contributed by atoms with Crippen molar-refractivity contribution in [3.8, 4) is 0 Å². The lowest BCUT2D eigenvalue weighted by Gasteiger charge is -2.12. The van der Waals surface area contributed by atoms with E-state index < -0.39 is 0 Å². The van der Waals surface area contributed by atoms with E-state index in [4.69, 9.17) is 0 Å². The molecule has 1 unspecified atom stereocenters. The molecule has 0 aliphatic rings. The molecule has 1 atom stereocenters. The van der Waals surface area contributed by atoms with E-state index >= 15 is 0 Å². The van der Waals surface area contributed by atoms with Crippen LogP contribution in [-0.2, 0) is 0 Å². The van der Waals surface area contributed by atoms with Gasteiger partial charge < -0.3 is 5.11 Å². The van der Waals surface area contributed by atoms with Gasteiger partial charge in [-0.1, -0.05) is 25.1 Å². The summed E-state index contributed by atoms with van der Waals surface area (Å²) in [5, 5.41) is 9.94. The van der Waals surface area contributed by atoms with Crippen LogP contribution in [0, 0.1) is 13.8 Å². The third-order valence-electron chi connectivity index (χ3n) is 2.54. The Hall–Kier alpha value is -0.470. The van der Waals surface area contributed by atoms with Crippen LogP contribution in [0.4, 0.5) is 0 Å². The molecule has 1 nitrogen and oxygen atoms in total. The molecule has 2 heteroatoms. The fourth-order valence-corrected chi connectivity index (χ4v) is 2.28. The zero-order valence-corrected chi connectivity index (χ0v) is 10.6. The topological polar surface area (TPSA) is 20.2 Å². The highest BCUT2D eigenvalue weighted by atomic mass is 32.2. The molecule has 1 rings (SSSR count). The normalized spacial score (nSPS) is 12.8. The van der Waals surface area contributed by atoms with Gasteiger partial charge in [-0.05, 0) is 42.7 Å². The second-order valence-corrected chi connectivity index (χ2v) is 5.08. The van der Waals surface area contributed by atoms with Crippen LogP contribution in [0.5, 0.6) is 0 Å². The number of hydrogen-bond donors (Lipinski definition) is 1. The van der Waals surface area contributed by atoms with Gasteiger partial charge in [-0.2, -0.15) is 11.8 Å². The molecule has 1 aromatic rings. The van der Waals surface area contributed by atoms with E-state index in [1.165, 1.54) is 17.5 Å². The van der Waals surface area contributed by atoms with Crippen molar-refractivity contribution in [1.82, 2.24) is 0 Å². The van der Waals surface area contributed by atoms with Gasteiger partial charge >= 0.3 is 0 Å². The lowest BCUT2D eigenvalue weighted by Crippen LogP contribution is -2.01. The Bertz CT molecular complexity index is 309.